The molecule has 0 unspecified atom stereocenters. The van der Waals surface area contributed by atoms with Crippen LogP contribution in [0, 0.1) is 5.82 Å². The molecule has 3 aromatic rings. The fraction of sp³-hybridized carbons (Fsp3) is 0.0800. The molecule has 0 saturated heterocycles. The maximum absolute atomic E-state index is 13.3. The summed E-state index contributed by atoms with van der Waals surface area (Å²) in [6, 6.07) is 15.9. The van der Waals surface area contributed by atoms with E-state index in [1.54, 1.807) is 0 Å². The van der Waals surface area contributed by atoms with Crippen LogP contribution in [0.25, 0.3) is 0 Å². The zero-order valence-corrected chi connectivity index (χ0v) is 18.1. The number of hydrogen-bond donors (Lipinski definition) is 2. The van der Waals surface area contributed by atoms with Crippen molar-refractivity contribution in [3.63, 3.8) is 0 Å². The molecule has 0 aromatic heterocycles. The summed E-state index contributed by atoms with van der Waals surface area (Å²) in [6.45, 7) is 0.773. The molecule has 9 heteroatoms. The summed E-state index contributed by atoms with van der Waals surface area (Å²) in [6.07, 6.45) is 0. The Hall–Kier alpha value is -4.66. The van der Waals surface area contributed by atoms with Crippen molar-refractivity contribution in [1.29, 1.82) is 0 Å². The Kier molecular flexibility index (Phi) is 7.27. The van der Waals surface area contributed by atoms with Crippen LogP contribution in [0.5, 0.6) is 0 Å². The van der Waals surface area contributed by atoms with E-state index in [0.717, 1.165) is 12.1 Å². The van der Waals surface area contributed by atoms with Crippen molar-refractivity contribution >= 4 is 35.1 Å². The number of anilines is 1. The summed E-state index contributed by atoms with van der Waals surface area (Å²) in [5.41, 5.74) is 6.24. The highest BCUT2D eigenvalue weighted by Gasteiger charge is 2.27. The molecule has 3 N–H and O–H groups in total. The van der Waals surface area contributed by atoms with Crippen molar-refractivity contribution in [2.75, 3.05) is 11.9 Å². The fourth-order valence-corrected chi connectivity index (χ4v) is 3.05. The van der Waals surface area contributed by atoms with E-state index < -0.39 is 36.0 Å². The topological polar surface area (TPSA) is 127 Å². The quantitative estimate of drug-likeness (QED) is 0.413. The maximum Gasteiger partial charge on any atom is 0.261 e. The summed E-state index contributed by atoms with van der Waals surface area (Å²) < 4.78 is 13.3. The summed E-state index contributed by atoms with van der Waals surface area (Å²) in [7, 11) is 0. The van der Waals surface area contributed by atoms with E-state index in [9.17, 15) is 28.4 Å². The van der Waals surface area contributed by atoms with E-state index >= 15 is 0 Å². The van der Waals surface area contributed by atoms with Crippen LogP contribution in [0.1, 0.15) is 48.4 Å². The van der Waals surface area contributed by atoms with Crippen molar-refractivity contribution in [2.45, 2.75) is 6.92 Å². The number of benzene rings is 3. The first-order chi connectivity index (χ1) is 16.2. The third-order valence-corrected chi connectivity index (χ3v) is 4.87. The Balaban J connectivity index is 1.85. The molecule has 0 aliphatic rings. The van der Waals surface area contributed by atoms with Crippen LogP contribution in [0.2, 0.25) is 0 Å². The van der Waals surface area contributed by atoms with Gasteiger partial charge in [-0.05, 0) is 79.7 Å². The van der Waals surface area contributed by atoms with E-state index in [2.05, 4.69) is 5.32 Å². The first-order valence-corrected chi connectivity index (χ1v) is 10.1. The summed E-state index contributed by atoms with van der Waals surface area (Å²) in [4.78, 5) is 62.2. The number of amides is 4. The Morgan fingerprint density at radius 2 is 1.18 bits per heavy atom. The lowest BCUT2D eigenvalue weighted by atomic mass is 10.1. The van der Waals surface area contributed by atoms with Crippen LogP contribution in [-0.2, 0) is 4.79 Å². The third kappa shape index (κ3) is 5.77. The predicted molar refractivity (Wildman–Crippen MR) is 122 cm³/mol. The van der Waals surface area contributed by atoms with Crippen molar-refractivity contribution < 1.29 is 28.4 Å². The molecule has 0 spiro atoms. The average Bonchev–Trinajstić information content (AvgIpc) is 2.82. The average molecular weight is 461 g/mol. The van der Waals surface area contributed by atoms with E-state index in [0.29, 0.717) is 16.2 Å². The van der Waals surface area contributed by atoms with Gasteiger partial charge in [-0.1, -0.05) is 0 Å². The molecule has 0 aliphatic carbocycles. The van der Waals surface area contributed by atoms with Crippen LogP contribution >= 0.6 is 0 Å². The van der Waals surface area contributed by atoms with Crippen molar-refractivity contribution in [2.24, 2.45) is 5.73 Å². The van der Waals surface area contributed by atoms with Gasteiger partial charge in [-0.2, -0.15) is 0 Å². The molecular weight excluding hydrogens is 441 g/mol. The van der Waals surface area contributed by atoms with Gasteiger partial charge >= 0.3 is 0 Å². The molecule has 8 nitrogen and oxygen atoms in total. The molecule has 0 heterocycles. The van der Waals surface area contributed by atoms with Gasteiger partial charge in [0.1, 0.15) is 12.4 Å². The summed E-state index contributed by atoms with van der Waals surface area (Å²) >= 11 is 0. The van der Waals surface area contributed by atoms with Gasteiger partial charge in [-0.15, -0.1) is 0 Å². The highest BCUT2D eigenvalue weighted by Crippen LogP contribution is 2.14. The Labute approximate surface area is 194 Å². The van der Waals surface area contributed by atoms with Gasteiger partial charge in [0.25, 0.3) is 11.8 Å². The molecule has 4 amide bonds. The monoisotopic (exact) mass is 461 g/mol. The fourth-order valence-electron chi connectivity index (χ4n) is 3.05. The van der Waals surface area contributed by atoms with Crippen molar-refractivity contribution in [3.8, 4) is 0 Å². The number of carbonyl (C=O) groups is 5. The van der Waals surface area contributed by atoms with Gasteiger partial charge in [-0.25, -0.2) is 4.39 Å². The van der Waals surface area contributed by atoms with E-state index in [-0.39, 0.29) is 22.5 Å². The number of nitrogens with two attached hydrogens (primary N) is 1. The lowest BCUT2D eigenvalue weighted by molar-refractivity contribution is -0.116. The highest BCUT2D eigenvalue weighted by atomic mass is 19.1. The van der Waals surface area contributed by atoms with Gasteiger partial charge in [0.2, 0.25) is 11.8 Å². The first kappa shape index (κ1) is 24.0. The van der Waals surface area contributed by atoms with Crippen LogP contribution < -0.4 is 11.1 Å². The van der Waals surface area contributed by atoms with Crippen LogP contribution in [-0.4, -0.2) is 40.9 Å². The zero-order valence-electron chi connectivity index (χ0n) is 18.1. The maximum atomic E-state index is 13.3. The molecule has 0 aliphatic heterocycles. The molecule has 3 aromatic carbocycles. The molecule has 0 fully saturated rings. The molecule has 0 saturated carbocycles. The van der Waals surface area contributed by atoms with E-state index in [1.165, 1.54) is 67.6 Å². The van der Waals surface area contributed by atoms with Gasteiger partial charge in [0.05, 0.1) is 0 Å². The normalized spacial score (nSPS) is 10.3. The van der Waals surface area contributed by atoms with E-state index in [4.69, 9.17) is 5.73 Å². The summed E-state index contributed by atoms with van der Waals surface area (Å²) in [5, 5.41) is 2.57. The molecule has 0 radical (unpaired) electrons. The molecule has 172 valence electrons. The second-order valence-electron chi connectivity index (χ2n) is 7.33. The minimum atomic E-state index is -0.814. The zero-order chi connectivity index (χ0) is 24.8. The molecule has 3 rings (SSSR count). The number of hydrogen-bond acceptors (Lipinski definition) is 5. The van der Waals surface area contributed by atoms with Crippen molar-refractivity contribution in [3.05, 3.63) is 101 Å². The summed E-state index contributed by atoms with van der Waals surface area (Å²) in [5.74, 6) is -3.68. The van der Waals surface area contributed by atoms with Gasteiger partial charge in [0, 0.05) is 27.9 Å². The lowest BCUT2D eigenvalue weighted by Gasteiger charge is -2.21. The first-order valence-electron chi connectivity index (χ1n) is 10.1. The third-order valence-electron chi connectivity index (χ3n) is 4.87. The number of primary amides is 1. The molecular formula is C25H20FN3O5. The molecule has 34 heavy (non-hydrogen) atoms. The molecule has 0 atom stereocenters. The standard InChI is InChI=1S/C25H20FN3O5/c1-15(30)16-8-12-21(13-9-16)28-22(31)14-29(25(34)19-6-10-20(26)11-7-19)24(33)18-4-2-17(3-5-18)23(27)32/h2-13H,14H2,1H3,(H2,27,32)(H,28,31). The highest BCUT2D eigenvalue weighted by molar-refractivity contribution is 6.13. The smallest absolute Gasteiger partial charge is 0.261 e. The van der Waals surface area contributed by atoms with Gasteiger partial charge < -0.3 is 11.1 Å². The van der Waals surface area contributed by atoms with Crippen LogP contribution in [0.3, 0.4) is 0 Å². The predicted octanol–water partition coefficient (Wildman–Crippen LogP) is 3.05. The second kappa shape index (κ2) is 10.3. The second-order valence-corrected chi connectivity index (χ2v) is 7.33. The van der Waals surface area contributed by atoms with Crippen LogP contribution in [0.4, 0.5) is 10.1 Å². The Morgan fingerprint density at radius 3 is 1.65 bits per heavy atom. The Morgan fingerprint density at radius 1 is 0.735 bits per heavy atom. The van der Waals surface area contributed by atoms with Crippen molar-refractivity contribution in [1.82, 2.24) is 4.90 Å². The minimum absolute atomic E-state index is 0.00196. The van der Waals surface area contributed by atoms with E-state index in [1.807, 2.05) is 0 Å². The lowest BCUT2D eigenvalue weighted by Crippen LogP contribution is -2.42. The number of rotatable bonds is 7. The SMILES string of the molecule is CC(=O)c1ccc(NC(=O)CN(C(=O)c2ccc(F)cc2)C(=O)c2ccc(C(N)=O)cc2)cc1. The molecule has 0 bridgehead atoms. The number of nitrogens with zero attached hydrogens (tertiary/aromatic N) is 1. The van der Waals surface area contributed by atoms with Gasteiger partial charge in [-0.3, -0.25) is 28.9 Å². The number of carbonyl (C=O) groups excluding carboxylic acids is 5. The number of nitrogens with one attached hydrogen (secondary N) is 1. The Bertz CT molecular complexity index is 1250. The number of Topliss-reactive ketones (excluding diaryl/α,β-unsaturated/α-hetero) is 1. The number of ketones is 1. The van der Waals surface area contributed by atoms with Gasteiger partial charge in [0.15, 0.2) is 5.78 Å². The van der Waals surface area contributed by atoms with Crippen LogP contribution in [0.15, 0.2) is 72.8 Å². The number of halogens is 1. The largest absolute Gasteiger partial charge is 0.366 e. The minimum Gasteiger partial charge on any atom is -0.366 e. The number of imide groups is 1.